The topological polar surface area (TPSA) is 81.1 Å². The zero-order valence-electron chi connectivity index (χ0n) is 14.9. The number of amides is 1. The highest BCUT2D eigenvalue weighted by Crippen LogP contribution is 2.35. The molecule has 0 unspecified atom stereocenters. The van der Waals surface area contributed by atoms with Crippen LogP contribution in [0, 0.1) is 0 Å². The maximum Gasteiger partial charge on any atom is 0.221 e. The zero-order chi connectivity index (χ0) is 18.3. The second kappa shape index (κ2) is 7.42. The molecule has 2 heterocycles. The van der Waals surface area contributed by atoms with Gasteiger partial charge < -0.3 is 19.9 Å². The molecule has 0 fully saturated rings. The molecule has 2 aromatic heterocycles. The summed E-state index contributed by atoms with van der Waals surface area (Å²) in [6.45, 7) is 1.48. The molecule has 4 aromatic rings. The summed E-state index contributed by atoms with van der Waals surface area (Å²) in [5.41, 5.74) is 4.21. The minimum atomic E-state index is -0.126. The Kier molecular flexibility index (Phi) is 5.20. The number of aromatic nitrogens is 3. The monoisotopic (exact) mass is 403 g/mol. The number of ether oxygens (including phenoxy) is 1. The number of carbonyl (C=O) groups excluding carboxylic acids is 1. The van der Waals surface area contributed by atoms with Crippen molar-refractivity contribution in [3.63, 3.8) is 0 Å². The van der Waals surface area contributed by atoms with Crippen LogP contribution in [0.15, 0.2) is 36.7 Å². The molecule has 0 aliphatic carbocycles. The van der Waals surface area contributed by atoms with Crippen molar-refractivity contribution in [2.75, 3.05) is 17.7 Å². The standard InChI is InChI=1S/C18H17N5O2S.ClH/c1-10(24)20-11-4-6-14(25-3)12(8-11)21-18-22-17-15(26-18)7-5-13-16(17)19-9-23(13)2;/h4-9H,1-3H3,(H,20,24)(H,21,22);1H. The third kappa shape index (κ3) is 3.54. The second-order valence-electron chi connectivity index (χ2n) is 5.88. The quantitative estimate of drug-likeness (QED) is 0.530. The fourth-order valence-electron chi connectivity index (χ4n) is 2.84. The van der Waals surface area contributed by atoms with Crippen molar-refractivity contribution in [1.82, 2.24) is 14.5 Å². The highest BCUT2D eigenvalue weighted by Gasteiger charge is 2.13. The Labute approximate surface area is 165 Å². The molecule has 27 heavy (non-hydrogen) atoms. The van der Waals surface area contributed by atoms with E-state index in [1.54, 1.807) is 36.9 Å². The molecule has 0 radical (unpaired) electrons. The molecule has 0 aliphatic heterocycles. The average molecular weight is 404 g/mol. The molecular weight excluding hydrogens is 386 g/mol. The van der Waals surface area contributed by atoms with Crippen LogP contribution >= 0.6 is 23.7 Å². The summed E-state index contributed by atoms with van der Waals surface area (Å²) >= 11 is 1.54. The van der Waals surface area contributed by atoms with Gasteiger partial charge in [-0.25, -0.2) is 9.97 Å². The number of hydrogen-bond donors (Lipinski definition) is 2. The molecular formula is C18H18ClN5O2S. The number of hydrogen-bond acceptors (Lipinski definition) is 6. The predicted octanol–water partition coefficient (Wildman–Crippen LogP) is 4.32. The van der Waals surface area contributed by atoms with Crippen molar-refractivity contribution in [2.24, 2.45) is 7.05 Å². The number of thiazole rings is 1. The van der Waals surface area contributed by atoms with Gasteiger partial charge in [0.05, 0.1) is 29.3 Å². The maximum absolute atomic E-state index is 11.3. The van der Waals surface area contributed by atoms with Crippen molar-refractivity contribution in [2.45, 2.75) is 6.92 Å². The van der Waals surface area contributed by atoms with Gasteiger partial charge in [-0.05, 0) is 30.3 Å². The minimum absolute atomic E-state index is 0. The number of anilines is 3. The maximum atomic E-state index is 11.3. The predicted molar refractivity (Wildman–Crippen MR) is 112 cm³/mol. The first-order chi connectivity index (χ1) is 12.5. The van der Waals surface area contributed by atoms with E-state index in [4.69, 9.17) is 9.72 Å². The fourth-order valence-corrected chi connectivity index (χ4v) is 3.72. The molecule has 0 atom stereocenters. The minimum Gasteiger partial charge on any atom is -0.495 e. The number of methoxy groups -OCH3 is 1. The smallest absolute Gasteiger partial charge is 0.221 e. The molecule has 0 spiro atoms. The summed E-state index contributed by atoms with van der Waals surface area (Å²) in [5.74, 6) is 0.542. The third-order valence-corrected chi connectivity index (χ3v) is 4.95. The molecule has 0 aliphatic rings. The first kappa shape index (κ1) is 18.9. The molecule has 140 valence electrons. The van der Waals surface area contributed by atoms with Crippen LogP contribution < -0.4 is 15.4 Å². The molecule has 0 saturated heterocycles. The molecule has 7 nitrogen and oxygen atoms in total. The van der Waals surface area contributed by atoms with E-state index < -0.39 is 0 Å². The van der Waals surface area contributed by atoms with E-state index in [1.807, 2.05) is 29.8 Å². The number of nitrogens with one attached hydrogen (secondary N) is 2. The van der Waals surface area contributed by atoms with E-state index in [0.29, 0.717) is 11.4 Å². The van der Waals surface area contributed by atoms with Crippen LogP contribution in [-0.2, 0) is 11.8 Å². The lowest BCUT2D eigenvalue weighted by atomic mass is 10.2. The molecule has 0 saturated carbocycles. The normalized spacial score (nSPS) is 10.6. The van der Waals surface area contributed by atoms with Gasteiger partial charge in [0.1, 0.15) is 16.8 Å². The van der Waals surface area contributed by atoms with Crippen LogP contribution in [0.1, 0.15) is 6.92 Å². The molecule has 4 rings (SSSR count). The highest BCUT2D eigenvalue weighted by atomic mass is 35.5. The highest BCUT2D eigenvalue weighted by molar-refractivity contribution is 7.22. The Morgan fingerprint density at radius 3 is 2.78 bits per heavy atom. The Balaban J connectivity index is 0.00000210. The third-order valence-electron chi connectivity index (χ3n) is 4.01. The fraction of sp³-hybridized carbons (Fsp3) is 0.167. The molecule has 2 aromatic carbocycles. The Morgan fingerprint density at radius 1 is 1.22 bits per heavy atom. The number of nitrogens with zero attached hydrogens (tertiary/aromatic N) is 3. The SMILES string of the molecule is COc1ccc(NC(C)=O)cc1Nc1nc2c(ccc3c2ncn3C)s1.Cl. The lowest BCUT2D eigenvalue weighted by Crippen LogP contribution is -2.06. The van der Waals surface area contributed by atoms with Crippen LogP contribution in [0.2, 0.25) is 0 Å². The second-order valence-corrected chi connectivity index (χ2v) is 6.91. The van der Waals surface area contributed by atoms with Crippen LogP contribution in [-0.4, -0.2) is 27.6 Å². The summed E-state index contributed by atoms with van der Waals surface area (Å²) in [4.78, 5) is 20.5. The van der Waals surface area contributed by atoms with Crippen molar-refractivity contribution < 1.29 is 9.53 Å². The number of benzene rings is 2. The first-order valence-electron chi connectivity index (χ1n) is 7.98. The molecule has 0 bridgehead atoms. The summed E-state index contributed by atoms with van der Waals surface area (Å²) in [5, 5.41) is 6.80. The summed E-state index contributed by atoms with van der Waals surface area (Å²) < 4.78 is 8.44. The van der Waals surface area contributed by atoms with Gasteiger partial charge in [0.25, 0.3) is 0 Å². The van der Waals surface area contributed by atoms with Crippen LogP contribution in [0.3, 0.4) is 0 Å². The number of imidazole rings is 1. The number of halogens is 1. The van der Waals surface area contributed by atoms with Gasteiger partial charge in [-0.1, -0.05) is 11.3 Å². The Hall–Kier alpha value is -2.84. The van der Waals surface area contributed by atoms with Gasteiger partial charge in [-0.15, -0.1) is 12.4 Å². The van der Waals surface area contributed by atoms with Crippen LogP contribution in [0.25, 0.3) is 21.3 Å². The molecule has 2 N–H and O–H groups in total. The number of rotatable bonds is 4. The van der Waals surface area contributed by atoms with Gasteiger partial charge >= 0.3 is 0 Å². The lowest BCUT2D eigenvalue weighted by molar-refractivity contribution is -0.114. The number of carbonyl (C=O) groups is 1. The van der Waals surface area contributed by atoms with E-state index >= 15 is 0 Å². The van der Waals surface area contributed by atoms with E-state index in [9.17, 15) is 4.79 Å². The average Bonchev–Trinajstić information content (AvgIpc) is 3.17. The van der Waals surface area contributed by atoms with Crippen LogP contribution in [0.5, 0.6) is 5.75 Å². The summed E-state index contributed by atoms with van der Waals surface area (Å²) in [6.07, 6.45) is 1.79. The number of aryl methyl sites for hydroxylation is 1. The first-order valence-corrected chi connectivity index (χ1v) is 8.80. The van der Waals surface area contributed by atoms with Crippen molar-refractivity contribution in [3.05, 3.63) is 36.7 Å². The van der Waals surface area contributed by atoms with Crippen molar-refractivity contribution in [3.8, 4) is 5.75 Å². The van der Waals surface area contributed by atoms with Gasteiger partial charge in [-0.2, -0.15) is 0 Å². The number of fused-ring (bicyclic) bond motifs is 3. The Bertz CT molecular complexity index is 1140. The van der Waals surface area contributed by atoms with E-state index in [2.05, 4.69) is 15.6 Å². The van der Waals surface area contributed by atoms with Crippen LogP contribution in [0.4, 0.5) is 16.5 Å². The summed E-state index contributed by atoms with van der Waals surface area (Å²) in [7, 11) is 3.57. The van der Waals surface area contributed by atoms with Crippen molar-refractivity contribution >= 4 is 67.4 Å². The van der Waals surface area contributed by atoms with E-state index in [-0.39, 0.29) is 18.3 Å². The lowest BCUT2D eigenvalue weighted by Gasteiger charge is -2.11. The van der Waals surface area contributed by atoms with E-state index in [0.717, 1.165) is 32.1 Å². The largest absolute Gasteiger partial charge is 0.495 e. The van der Waals surface area contributed by atoms with Gasteiger partial charge in [0.15, 0.2) is 5.13 Å². The summed E-state index contributed by atoms with van der Waals surface area (Å²) in [6, 6.07) is 9.51. The zero-order valence-corrected chi connectivity index (χ0v) is 16.6. The molecule has 9 heteroatoms. The van der Waals surface area contributed by atoms with Gasteiger partial charge in [0.2, 0.25) is 5.91 Å². The van der Waals surface area contributed by atoms with E-state index in [1.165, 1.54) is 6.92 Å². The van der Waals surface area contributed by atoms with Crippen molar-refractivity contribution in [1.29, 1.82) is 0 Å². The van der Waals surface area contributed by atoms with Gasteiger partial charge in [-0.3, -0.25) is 4.79 Å². The molecule has 1 amide bonds. The van der Waals surface area contributed by atoms with Gasteiger partial charge in [0, 0.05) is 19.7 Å². The Morgan fingerprint density at radius 2 is 2.04 bits per heavy atom.